The zero-order valence-electron chi connectivity index (χ0n) is 14.2. The summed E-state index contributed by atoms with van der Waals surface area (Å²) in [6, 6.07) is 14.0. The fourth-order valence-corrected chi connectivity index (χ4v) is 2.87. The molecule has 3 rings (SSSR count). The Morgan fingerprint density at radius 3 is 2.48 bits per heavy atom. The third-order valence-electron chi connectivity index (χ3n) is 4.25. The van der Waals surface area contributed by atoms with Crippen LogP contribution in [0, 0.1) is 12.8 Å². The lowest BCUT2D eigenvalue weighted by molar-refractivity contribution is -0.139. The molecule has 2 aromatic carbocycles. The van der Waals surface area contributed by atoms with Crippen LogP contribution < -0.4 is 9.64 Å². The molecule has 0 aromatic heterocycles. The van der Waals surface area contributed by atoms with Crippen molar-refractivity contribution in [1.29, 1.82) is 0 Å². The highest BCUT2D eigenvalue weighted by molar-refractivity contribution is 5.99. The van der Waals surface area contributed by atoms with Gasteiger partial charge in [-0.2, -0.15) is 0 Å². The Labute approximate surface area is 146 Å². The van der Waals surface area contributed by atoms with E-state index in [1.165, 1.54) is 6.92 Å². The molecule has 0 radical (unpaired) electrons. The summed E-state index contributed by atoms with van der Waals surface area (Å²) >= 11 is 0. The van der Waals surface area contributed by atoms with Crippen LogP contribution in [0.2, 0.25) is 0 Å². The molecule has 0 N–H and O–H groups in total. The molecule has 1 aliphatic rings. The van der Waals surface area contributed by atoms with Gasteiger partial charge in [0, 0.05) is 24.2 Å². The van der Waals surface area contributed by atoms with Crippen LogP contribution in [0.15, 0.2) is 48.5 Å². The Kier molecular flexibility index (Phi) is 4.65. The van der Waals surface area contributed by atoms with E-state index in [0.29, 0.717) is 17.9 Å². The van der Waals surface area contributed by atoms with Gasteiger partial charge in [-0.15, -0.1) is 0 Å². The summed E-state index contributed by atoms with van der Waals surface area (Å²) in [5.74, 6) is -0.691. The van der Waals surface area contributed by atoms with Crippen LogP contribution in [0.25, 0.3) is 0 Å². The minimum absolute atomic E-state index is 0.0481. The zero-order valence-corrected chi connectivity index (χ0v) is 14.2. The lowest BCUT2D eigenvalue weighted by atomic mass is 10.1. The molecule has 0 aliphatic carbocycles. The van der Waals surface area contributed by atoms with Gasteiger partial charge in [0.1, 0.15) is 5.75 Å². The molecule has 1 aliphatic heterocycles. The number of ketones is 1. The average molecular weight is 337 g/mol. The standard InChI is InChI=1S/C20H19NO4/c1-13-4-3-5-17(10-13)21-12-16(11-19(21)23)20(24)25-18-8-6-15(7-9-18)14(2)22/h3-10,16H,11-12H2,1-2H3/t16-/m1/s1. The smallest absolute Gasteiger partial charge is 0.316 e. The Morgan fingerprint density at radius 1 is 1.12 bits per heavy atom. The van der Waals surface area contributed by atoms with Gasteiger partial charge in [-0.25, -0.2) is 0 Å². The molecule has 1 heterocycles. The van der Waals surface area contributed by atoms with Crippen LogP contribution in [-0.4, -0.2) is 24.2 Å². The Balaban J connectivity index is 1.67. The van der Waals surface area contributed by atoms with Crippen molar-refractivity contribution in [3.63, 3.8) is 0 Å². The number of nitrogens with zero attached hydrogens (tertiary/aromatic N) is 1. The normalized spacial score (nSPS) is 16.8. The van der Waals surface area contributed by atoms with E-state index in [1.54, 1.807) is 29.2 Å². The van der Waals surface area contributed by atoms with E-state index in [-0.39, 0.29) is 18.1 Å². The predicted octanol–water partition coefficient (Wildman–Crippen LogP) is 3.16. The maximum absolute atomic E-state index is 12.4. The fourth-order valence-electron chi connectivity index (χ4n) is 2.87. The van der Waals surface area contributed by atoms with Crippen LogP contribution in [0.3, 0.4) is 0 Å². The molecule has 5 heteroatoms. The van der Waals surface area contributed by atoms with Crippen LogP contribution in [-0.2, 0) is 9.59 Å². The third kappa shape index (κ3) is 3.76. The maximum Gasteiger partial charge on any atom is 0.316 e. The third-order valence-corrected chi connectivity index (χ3v) is 4.25. The molecule has 1 fully saturated rings. The van der Waals surface area contributed by atoms with Crippen LogP contribution in [0.4, 0.5) is 5.69 Å². The number of Topliss-reactive ketones (excluding diaryl/α,β-unsaturated/α-hetero) is 1. The summed E-state index contributed by atoms with van der Waals surface area (Å²) in [4.78, 5) is 37.5. The molecule has 1 atom stereocenters. The molecular formula is C20H19NO4. The van der Waals surface area contributed by atoms with Gasteiger partial charge >= 0.3 is 5.97 Å². The molecule has 0 unspecified atom stereocenters. The summed E-state index contributed by atoms with van der Waals surface area (Å²) < 4.78 is 5.36. The predicted molar refractivity (Wildman–Crippen MR) is 93.7 cm³/mol. The Morgan fingerprint density at radius 2 is 1.84 bits per heavy atom. The van der Waals surface area contributed by atoms with Gasteiger partial charge in [-0.1, -0.05) is 12.1 Å². The zero-order chi connectivity index (χ0) is 18.0. The van der Waals surface area contributed by atoms with Crippen molar-refractivity contribution in [3.05, 3.63) is 59.7 Å². The number of ether oxygens (including phenoxy) is 1. The van der Waals surface area contributed by atoms with Crippen molar-refractivity contribution in [2.45, 2.75) is 20.3 Å². The monoisotopic (exact) mass is 337 g/mol. The number of aryl methyl sites for hydroxylation is 1. The summed E-state index contributed by atoms with van der Waals surface area (Å²) in [5, 5.41) is 0. The van der Waals surface area contributed by atoms with E-state index in [9.17, 15) is 14.4 Å². The van der Waals surface area contributed by atoms with Crippen molar-refractivity contribution in [2.24, 2.45) is 5.92 Å². The van der Waals surface area contributed by atoms with Crippen molar-refractivity contribution in [1.82, 2.24) is 0 Å². The molecule has 25 heavy (non-hydrogen) atoms. The second-order valence-corrected chi connectivity index (χ2v) is 6.25. The van der Waals surface area contributed by atoms with E-state index in [0.717, 1.165) is 11.3 Å². The quantitative estimate of drug-likeness (QED) is 0.488. The highest BCUT2D eigenvalue weighted by Gasteiger charge is 2.36. The highest BCUT2D eigenvalue weighted by atomic mass is 16.5. The molecular weight excluding hydrogens is 318 g/mol. The molecule has 5 nitrogen and oxygen atoms in total. The van der Waals surface area contributed by atoms with Gasteiger partial charge in [-0.3, -0.25) is 14.4 Å². The Bertz CT molecular complexity index is 826. The van der Waals surface area contributed by atoms with Crippen molar-refractivity contribution in [2.75, 3.05) is 11.4 Å². The molecule has 0 spiro atoms. The van der Waals surface area contributed by atoms with Gasteiger partial charge in [-0.05, 0) is 55.8 Å². The first kappa shape index (κ1) is 16.9. The largest absolute Gasteiger partial charge is 0.426 e. The number of carbonyl (C=O) groups excluding carboxylic acids is 3. The van der Waals surface area contributed by atoms with Gasteiger partial charge in [0.2, 0.25) is 5.91 Å². The van der Waals surface area contributed by atoms with Crippen LogP contribution >= 0.6 is 0 Å². The summed E-state index contributed by atoms with van der Waals surface area (Å²) in [7, 11) is 0. The van der Waals surface area contributed by atoms with E-state index in [4.69, 9.17) is 4.74 Å². The number of esters is 1. The first-order valence-corrected chi connectivity index (χ1v) is 8.14. The van der Waals surface area contributed by atoms with Crippen LogP contribution in [0.5, 0.6) is 5.75 Å². The average Bonchev–Trinajstić information content (AvgIpc) is 2.97. The molecule has 0 bridgehead atoms. The fraction of sp³-hybridized carbons (Fsp3) is 0.250. The number of hydrogen-bond donors (Lipinski definition) is 0. The minimum atomic E-state index is -0.500. The molecule has 0 saturated carbocycles. The summed E-state index contributed by atoms with van der Waals surface area (Å²) in [6.07, 6.45) is 0.137. The SMILES string of the molecule is CC(=O)c1ccc(OC(=O)[C@@H]2CC(=O)N(c3cccc(C)c3)C2)cc1. The minimum Gasteiger partial charge on any atom is -0.426 e. The summed E-state index contributed by atoms with van der Waals surface area (Å²) in [5.41, 5.74) is 2.41. The Hall–Kier alpha value is -2.95. The second-order valence-electron chi connectivity index (χ2n) is 6.25. The van der Waals surface area contributed by atoms with E-state index in [1.807, 2.05) is 31.2 Å². The first-order chi connectivity index (χ1) is 11.9. The van der Waals surface area contributed by atoms with Gasteiger partial charge in [0.25, 0.3) is 0 Å². The van der Waals surface area contributed by atoms with Crippen molar-refractivity contribution < 1.29 is 19.1 Å². The first-order valence-electron chi connectivity index (χ1n) is 8.14. The lowest BCUT2D eigenvalue weighted by Gasteiger charge is -2.17. The number of anilines is 1. The van der Waals surface area contributed by atoms with Crippen molar-refractivity contribution >= 4 is 23.3 Å². The number of hydrogen-bond acceptors (Lipinski definition) is 4. The van der Waals surface area contributed by atoms with Gasteiger partial charge < -0.3 is 9.64 Å². The van der Waals surface area contributed by atoms with E-state index < -0.39 is 11.9 Å². The second kappa shape index (κ2) is 6.89. The highest BCUT2D eigenvalue weighted by Crippen LogP contribution is 2.27. The number of benzene rings is 2. The van der Waals surface area contributed by atoms with E-state index in [2.05, 4.69) is 0 Å². The van der Waals surface area contributed by atoms with Gasteiger partial charge in [0.15, 0.2) is 5.78 Å². The lowest BCUT2D eigenvalue weighted by Crippen LogP contribution is -2.27. The van der Waals surface area contributed by atoms with Crippen LogP contribution in [0.1, 0.15) is 29.3 Å². The number of amides is 1. The summed E-state index contributed by atoms with van der Waals surface area (Å²) in [6.45, 7) is 3.75. The number of carbonyl (C=O) groups is 3. The maximum atomic E-state index is 12.4. The molecule has 1 saturated heterocycles. The van der Waals surface area contributed by atoms with Crippen molar-refractivity contribution in [3.8, 4) is 5.75 Å². The van der Waals surface area contributed by atoms with Gasteiger partial charge in [0.05, 0.1) is 5.92 Å². The van der Waals surface area contributed by atoms with E-state index >= 15 is 0 Å². The molecule has 2 aromatic rings. The number of rotatable bonds is 4. The molecule has 1 amide bonds. The topological polar surface area (TPSA) is 63.7 Å². The molecule has 128 valence electrons.